The van der Waals surface area contributed by atoms with E-state index in [9.17, 15) is 14.0 Å². The third-order valence-corrected chi connectivity index (χ3v) is 7.28. The van der Waals surface area contributed by atoms with Crippen LogP contribution in [0.4, 0.5) is 9.18 Å². The van der Waals surface area contributed by atoms with Gasteiger partial charge in [0.25, 0.3) is 11.1 Å². The third-order valence-electron chi connectivity index (χ3n) is 6.37. The molecule has 1 saturated carbocycles. The summed E-state index contributed by atoms with van der Waals surface area (Å²) in [4.78, 5) is 27.4. The predicted molar refractivity (Wildman–Crippen MR) is 137 cm³/mol. The average molecular weight is 496 g/mol. The van der Waals surface area contributed by atoms with Crippen LogP contribution in [0.3, 0.4) is 0 Å². The average Bonchev–Trinajstić information content (AvgIpc) is 3.12. The second-order valence-corrected chi connectivity index (χ2v) is 9.91. The van der Waals surface area contributed by atoms with Gasteiger partial charge in [0.05, 0.1) is 12.0 Å². The van der Waals surface area contributed by atoms with Crippen molar-refractivity contribution in [1.82, 2.24) is 4.90 Å². The molecule has 4 rings (SSSR count). The van der Waals surface area contributed by atoms with Crippen molar-refractivity contribution in [2.24, 2.45) is 5.92 Å². The molecular formula is C28H30FNO4S. The molecule has 0 spiro atoms. The van der Waals surface area contributed by atoms with Crippen LogP contribution in [0.25, 0.3) is 6.08 Å². The summed E-state index contributed by atoms with van der Waals surface area (Å²) in [6, 6.07) is 9.84. The zero-order valence-corrected chi connectivity index (χ0v) is 20.7. The topological polar surface area (TPSA) is 55.8 Å². The number of benzene rings is 2. The number of ether oxygens (including phenoxy) is 2. The van der Waals surface area contributed by atoms with E-state index in [2.05, 4.69) is 6.58 Å². The Kier molecular flexibility index (Phi) is 8.29. The molecule has 0 unspecified atom stereocenters. The van der Waals surface area contributed by atoms with Gasteiger partial charge in [-0.25, -0.2) is 4.39 Å². The molecular weight excluding hydrogens is 465 g/mol. The molecule has 1 saturated heterocycles. The second kappa shape index (κ2) is 11.6. The van der Waals surface area contributed by atoms with E-state index >= 15 is 0 Å². The van der Waals surface area contributed by atoms with Crippen LogP contribution in [0.1, 0.15) is 48.8 Å². The van der Waals surface area contributed by atoms with Crippen molar-refractivity contribution < 1.29 is 23.5 Å². The van der Waals surface area contributed by atoms with Gasteiger partial charge in [-0.3, -0.25) is 14.5 Å². The second-order valence-electron chi connectivity index (χ2n) is 8.92. The molecule has 2 aromatic rings. The van der Waals surface area contributed by atoms with Crippen molar-refractivity contribution in [3.8, 4) is 11.5 Å². The van der Waals surface area contributed by atoms with Crippen LogP contribution >= 0.6 is 11.8 Å². The number of hydrogen-bond acceptors (Lipinski definition) is 5. The fourth-order valence-electron chi connectivity index (χ4n) is 4.56. The summed E-state index contributed by atoms with van der Waals surface area (Å²) in [5.41, 5.74) is 2.42. The van der Waals surface area contributed by atoms with Crippen molar-refractivity contribution in [2.45, 2.75) is 45.1 Å². The van der Waals surface area contributed by atoms with E-state index in [1.54, 1.807) is 37.5 Å². The van der Waals surface area contributed by atoms with Crippen molar-refractivity contribution in [1.29, 1.82) is 0 Å². The van der Waals surface area contributed by atoms with Crippen molar-refractivity contribution in [3.63, 3.8) is 0 Å². The number of allylic oxidation sites excluding steroid dienone is 1. The highest BCUT2D eigenvalue weighted by molar-refractivity contribution is 8.18. The van der Waals surface area contributed by atoms with Gasteiger partial charge in [0.15, 0.2) is 11.5 Å². The minimum absolute atomic E-state index is 0.204. The Labute approximate surface area is 210 Å². The van der Waals surface area contributed by atoms with Crippen molar-refractivity contribution >= 4 is 29.0 Å². The Morgan fingerprint density at radius 3 is 2.57 bits per heavy atom. The molecule has 1 aliphatic heterocycles. The Morgan fingerprint density at radius 1 is 1.14 bits per heavy atom. The van der Waals surface area contributed by atoms with Gasteiger partial charge < -0.3 is 9.47 Å². The van der Waals surface area contributed by atoms with E-state index in [-0.39, 0.29) is 23.6 Å². The van der Waals surface area contributed by atoms with Gasteiger partial charge in [0.2, 0.25) is 0 Å². The molecule has 2 amide bonds. The molecule has 2 aromatic carbocycles. The third kappa shape index (κ3) is 6.14. The van der Waals surface area contributed by atoms with E-state index < -0.39 is 0 Å². The van der Waals surface area contributed by atoms with E-state index in [0.717, 1.165) is 54.1 Å². The lowest BCUT2D eigenvalue weighted by atomic mass is 9.89. The fourth-order valence-corrected chi connectivity index (χ4v) is 5.41. The summed E-state index contributed by atoms with van der Waals surface area (Å²) < 4.78 is 24.9. The summed E-state index contributed by atoms with van der Waals surface area (Å²) >= 11 is 0.986. The van der Waals surface area contributed by atoms with Gasteiger partial charge in [-0.05, 0) is 78.4 Å². The maximum atomic E-state index is 13.2. The van der Waals surface area contributed by atoms with Crippen LogP contribution < -0.4 is 9.47 Å². The summed E-state index contributed by atoms with van der Waals surface area (Å²) in [6.07, 6.45) is 9.74. The van der Waals surface area contributed by atoms with E-state index in [1.807, 2.05) is 6.07 Å². The number of carbonyl (C=O) groups is 2. The number of thioether (sulfide) groups is 1. The molecule has 0 aromatic heterocycles. The molecule has 0 radical (unpaired) electrons. The smallest absolute Gasteiger partial charge is 0.293 e. The first-order valence-electron chi connectivity index (χ1n) is 11.9. The van der Waals surface area contributed by atoms with E-state index in [4.69, 9.17) is 9.47 Å². The quantitative estimate of drug-likeness (QED) is 0.284. The highest BCUT2D eigenvalue weighted by Gasteiger charge is 2.36. The number of hydrogen-bond donors (Lipinski definition) is 0. The predicted octanol–water partition coefficient (Wildman–Crippen LogP) is 6.76. The Hall–Kier alpha value is -3.06. The SMILES string of the molecule is C=CCc1cc(/C=C2/SC(=O)N(CC3CCCCC3)C2=O)cc(OC)c1OCc1ccc(F)cc1. The van der Waals surface area contributed by atoms with Gasteiger partial charge in [0.1, 0.15) is 12.4 Å². The maximum absolute atomic E-state index is 13.2. The molecule has 5 nitrogen and oxygen atoms in total. The monoisotopic (exact) mass is 495 g/mol. The van der Waals surface area contributed by atoms with Gasteiger partial charge in [-0.15, -0.1) is 6.58 Å². The van der Waals surface area contributed by atoms with Crippen LogP contribution in [0, 0.1) is 11.7 Å². The Balaban J connectivity index is 1.55. The largest absolute Gasteiger partial charge is 0.493 e. The number of amides is 2. The van der Waals surface area contributed by atoms with Crippen molar-refractivity contribution in [3.05, 3.63) is 76.5 Å². The van der Waals surface area contributed by atoms with Gasteiger partial charge in [-0.1, -0.05) is 37.5 Å². The fraction of sp³-hybridized carbons (Fsp3) is 0.357. The molecule has 2 fully saturated rings. The van der Waals surface area contributed by atoms with Crippen molar-refractivity contribution in [2.75, 3.05) is 13.7 Å². The number of carbonyl (C=O) groups excluding carboxylic acids is 2. The molecule has 0 bridgehead atoms. The minimum Gasteiger partial charge on any atom is -0.493 e. The minimum atomic E-state index is -0.300. The molecule has 0 N–H and O–H groups in total. The summed E-state index contributed by atoms with van der Waals surface area (Å²) in [5, 5.41) is -0.204. The van der Waals surface area contributed by atoms with Crippen LogP contribution in [0.15, 0.2) is 54.0 Å². The standard InChI is InChI=1S/C28H30FNO4S/c1-3-7-22-14-21(15-24(33-2)26(22)34-18-20-10-12-23(29)13-11-20)16-25-27(31)30(28(32)35-25)17-19-8-5-4-6-9-19/h3,10-16,19H,1,4-9,17-18H2,2H3/b25-16+. The molecule has 35 heavy (non-hydrogen) atoms. The number of imide groups is 1. The first-order chi connectivity index (χ1) is 17.0. The lowest BCUT2D eigenvalue weighted by molar-refractivity contribution is -0.123. The Morgan fingerprint density at radius 2 is 1.89 bits per heavy atom. The summed E-state index contributed by atoms with van der Waals surface area (Å²) in [6.45, 7) is 4.59. The normalized spacial score (nSPS) is 17.8. The first kappa shape index (κ1) is 25.0. The number of methoxy groups -OCH3 is 1. The number of nitrogens with zero attached hydrogens (tertiary/aromatic N) is 1. The Bertz CT molecular complexity index is 1120. The number of rotatable bonds is 9. The highest BCUT2D eigenvalue weighted by Crippen LogP contribution is 2.38. The lowest BCUT2D eigenvalue weighted by Crippen LogP contribution is -2.34. The van der Waals surface area contributed by atoms with Gasteiger partial charge in [0, 0.05) is 12.1 Å². The maximum Gasteiger partial charge on any atom is 0.293 e. The number of halogens is 1. The summed E-state index contributed by atoms with van der Waals surface area (Å²) in [7, 11) is 1.56. The van der Waals surface area contributed by atoms with Crippen LogP contribution in [-0.4, -0.2) is 29.7 Å². The lowest BCUT2D eigenvalue weighted by Gasteiger charge is -2.25. The molecule has 1 aliphatic carbocycles. The molecule has 2 aliphatic rings. The zero-order chi connectivity index (χ0) is 24.8. The van der Waals surface area contributed by atoms with E-state index in [1.165, 1.54) is 23.5 Å². The summed E-state index contributed by atoms with van der Waals surface area (Å²) in [5.74, 6) is 0.949. The van der Waals surface area contributed by atoms with Crippen LogP contribution in [0.5, 0.6) is 11.5 Å². The van der Waals surface area contributed by atoms with Crippen LogP contribution in [0.2, 0.25) is 0 Å². The van der Waals surface area contributed by atoms with E-state index in [0.29, 0.717) is 35.3 Å². The molecule has 0 atom stereocenters. The zero-order valence-electron chi connectivity index (χ0n) is 19.9. The van der Waals surface area contributed by atoms with Gasteiger partial charge >= 0.3 is 0 Å². The molecule has 7 heteroatoms. The van der Waals surface area contributed by atoms with Crippen LogP contribution in [-0.2, 0) is 17.8 Å². The van der Waals surface area contributed by atoms with Gasteiger partial charge in [-0.2, -0.15) is 0 Å². The molecule has 1 heterocycles. The first-order valence-corrected chi connectivity index (χ1v) is 12.7. The highest BCUT2D eigenvalue weighted by atomic mass is 32.2. The molecule has 184 valence electrons.